The maximum atomic E-state index is 12.8. The van der Waals surface area contributed by atoms with E-state index in [-0.39, 0.29) is 23.2 Å². The van der Waals surface area contributed by atoms with Crippen LogP contribution in [0.5, 0.6) is 0 Å². The normalized spacial score (nSPS) is 39.3. The molecule has 0 bridgehead atoms. The van der Waals surface area contributed by atoms with Gasteiger partial charge in [-0.3, -0.25) is 9.59 Å². The average molecular weight is 483 g/mol. The summed E-state index contributed by atoms with van der Waals surface area (Å²) in [6.07, 6.45) is 10.8. The Morgan fingerprint density at radius 3 is 2.49 bits per heavy atom. The minimum Gasteiger partial charge on any atom is -0.478 e. The van der Waals surface area contributed by atoms with Gasteiger partial charge in [-0.2, -0.15) is 0 Å². The van der Waals surface area contributed by atoms with Crippen molar-refractivity contribution in [3.05, 3.63) is 34.4 Å². The fourth-order valence-corrected chi connectivity index (χ4v) is 8.34. The molecule has 4 aliphatic rings. The predicted molar refractivity (Wildman–Crippen MR) is 136 cm³/mol. The quantitative estimate of drug-likeness (QED) is 0.367. The van der Waals surface area contributed by atoms with Gasteiger partial charge in [0.2, 0.25) is 0 Å². The number of carboxylic acid groups (broad SMARTS) is 1. The summed E-state index contributed by atoms with van der Waals surface area (Å²) in [6.45, 7) is 12.3. The summed E-state index contributed by atoms with van der Waals surface area (Å²) in [6, 6.07) is 0. The van der Waals surface area contributed by atoms with Crippen molar-refractivity contribution in [2.24, 2.45) is 34.0 Å². The van der Waals surface area contributed by atoms with Crippen LogP contribution >= 0.6 is 0 Å². The molecule has 2 fully saturated rings. The number of aliphatic carboxylic acids is 1. The van der Waals surface area contributed by atoms with Crippen LogP contribution in [0.25, 0.3) is 0 Å². The molecule has 4 aliphatic carbocycles. The topological polar surface area (TPSA) is 91.7 Å². The molecule has 5 nitrogen and oxygen atoms in total. The molecule has 0 spiro atoms. The molecule has 0 unspecified atom stereocenters. The van der Waals surface area contributed by atoms with E-state index in [2.05, 4.69) is 40.7 Å². The molecule has 2 N–H and O–H groups in total. The molecule has 35 heavy (non-hydrogen) atoms. The molecule has 0 aliphatic heterocycles. The molecule has 0 aromatic rings. The first kappa shape index (κ1) is 26.1. The molecular formula is C30H42O5. The number of Topliss-reactive ketones (excluding diaryl/α,β-unsaturated/α-hetero) is 1. The molecule has 0 saturated heterocycles. The fraction of sp³-hybridized carbons (Fsp3) is 0.700. The Balaban J connectivity index is 1.72. The van der Waals surface area contributed by atoms with Gasteiger partial charge in [0.1, 0.15) is 12.1 Å². The SMILES string of the molecule is C/C(=C/CC[C@@H](C)[C@H]1CC[C@]2(C)C(=C1C=O)C=C1[C@@]3(C)CCC(=O)C(C)(C)[C@@H]3CC[C@]12O)C(=O)O. The van der Waals surface area contributed by atoms with Gasteiger partial charge in [0.25, 0.3) is 0 Å². The summed E-state index contributed by atoms with van der Waals surface area (Å²) < 4.78 is 0. The summed E-state index contributed by atoms with van der Waals surface area (Å²) in [5, 5.41) is 21.4. The first-order valence-corrected chi connectivity index (χ1v) is 13.3. The number of hydrogen-bond donors (Lipinski definition) is 2. The van der Waals surface area contributed by atoms with Crippen LogP contribution in [0, 0.1) is 34.0 Å². The lowest BCUT2D eigenvalue weighted by atomic mass is 9.45. The number of carboxylic acids is 1. The average Bonchev–Trinajstić information content (AvgIpc) is 3.04. The molecule has 5 heteroatoms. The third-order valence-electron chi connectivity index (χ3n) is 10.8. The highest BCUT2D eigenvalue weighted by Crippen LogP contribution is 2.70. The van der Waals surface area contributed by atoms with Crippen molar-refractivity contribution in [2.45, 2.75) is 98.5 Å². The third-order valence-corrected chi connectivity index (χ3v) is 10.8. The maximum Gasteiger partial charge on any atom is 0.330 e. The number of fused-ring (bicyclic) bond motifs is 5. The second-order valence-electron chi connectivity index (χ2n) is 12.8. The minimum atomic E-state index is -0.978. The monoisotopic (exact) mass is 482 g/mol. The summed E-state index contributed by atoms with van der Waals surface area (Å²) in [4.78, 5) is 36.5. The largest absolute Gasteiger partial charge is 0.478 e. The van der Waals surface area contributed by atoms with E-state index in [4.69, 9.17) is 5.11 Å². The molecule has 0 radical (unpaired) electrons. The van der Waals surface area contributed by atoms with Crippen LogP contribution in [0.3, 0.4) is 0 Å². The Kier molecular flexibility index (Phi) is 6.36. The van der Waals surface area contributed by atoms with Crippen LogP contribution in [0.15, 0.2) is 34.4 Å². The molecule has 4 rings (SSSR count). The minimum absolute atomic E-state index is 0.0997. The zero-order valence-electron chi connectivity index (χ0n) is 22.2. The highest BCUT2D eigenvalue weighted by atomic mass is 16.4. The van der Waals surface area contributed by atoms with Gasteiger partial charge in [-0.25, -0.2) is 4.79 Å². The van der Waals surface area contributed by atoms with Gasteiger partial charge in [-0.05, 0) is 91.8 Å². The number of aldehydes is 1. The highest BCUT2D eigenvalue weighted by molar-refractivity contribution is 5.86. The van der Waals surface area contributed by atoms with E-state index in [1.54, 1.807) is 13.0 Å². The lowest BCUT2D eigenvalue weighted by Gasteiger charge is -2.60. The van der Waals surface area contributed by atoms with E-state index in [1.807, 2.05) is 0 Å². The Morgan fingerprint density at radius 2 is 1.86 bits per heavy atom. The van der Waals surface area contributed by atoms with Crippen LogP contribution in [-0.2, 0) is 14.4 Å². The van der Waals surface area contributed by atoms with E-state index in [0.717, 1.165) is 55.1 Å². The maximum absolute atomic E-state index is 12.8. The second-order valence-corrected chi connectivity index (χ2v) is 12.8. The third kappa shape index (κ3) is 3.63. The molecule has 0 amide bonds. The van der Waals surface area contributed by atoms with Crippen molar-refractivity contribution in [3.8, 4) is 0 Å². The van der Waals surface area contributed by atoms with E-state index in [1.165, 1.54) is 0 Å². The smallest absolute Gasteiger partial charge is 0.330 e. The van der Waals surface area contributed by atoms with Crippen molar-refractivity contribution in [1.29, 1.82) is 0 Å². The predicted octanol–water partition coefficient (Wildman–Crippen LogP) is 5.82. The molecule has 6 atom stereocenters. The first-order valence-electron chi connectivity index (χ1n) is 13.3. The molecule has 0 aromatic carbocycles. The van der Waals surface area contributed by atoms with Gasteiger partial charge in [-0.1, -0.05) is 46.8 Å². The van der Waals surface area contributed by atoms with Gasteiger partial charge < -0.3 is 10.2 Å². The molecule has 192 valence electrons. The molecule has 0 heterocycles. The summed E-state index contributed by atoms with van der Waals surface area (Å²) >= 11 is 0. The number of allylic oxidation sites excluding steroid dienone is 3. The number of rotatable bonds is 6. The van der Waals surface area contributed by atoms with E-state index < -0.39 is 22.4 Å². The van der Waals surface area contributed by atoms with Crippen LogP contribution in [0.2, 0.25) is 0 Å². The molecular weight excluding hydrogens is 440 g/mol. The Labute approximate surface area is 209 Å². The summed E-state index contributed by atoms with van der Waals surface area (Å²) in [5.74, 6) is -0.0556. The van der Waals surface area contributed by atoms with Gasteiger partial charge in [0.05, 0.1) is 5.60 Å². The number of ketones is 1. The lowest BCUT2D eigenvalue weighted by molar-refractivity contribution is -0.148. The second kappa shape index (κ2) is 8.54. The van der Waals surface area contributed by atoms with Crippen LogP contribution in [0.1, 0.15) is 92.9 Å². The van der Waals surface area contributed by atoms with Crippen molar-refractivity contribution in [2.75, 3.05) is 0 Å². The lowest BCUT2D eigenvalue weighted by Crippen LogP contribution is -2.59. The van der Waals surface area contributed by atoms with Crippen molar-refractivity contribution < 1.29 is 24.6 Å². The standard InChI is InChI=1S/C30H42O5/c1-18(8-7-9-19(2)26(33)34)20-10-14-29(6)22(21(20)17-31)16-24-28(5)13-12-25(32)27(3,4)23(28)11-15-30(24,29)35/h9,16-18,20,23,35H,7-8,10-15H2,1-6H3,(H,33,34)/b19-9-/t18-,20-,23+,28+,29-,30+/m1/s1. The van der Waals surface area contributed by atoms with Gasteiger partial charge >= 0.3 is 5.97 Å². The van der Waals surface area contributed by atoms with E-state index >= 15 is 0 Å². The summed E-state index contributed by atoms with van der Waals surface area (Å²) in [7, 11) is 0. The van der Waals surface area contributed by atoms with Gasteiger partial charge in [-0.15, -0.1) is 0 Å². The number of carbonyl (C=O) groups is 3. The van der Waals surface area contributed by atoms with E-state index in [9.17, 15) is 19.5 Å². The van der Waals surface area contributed by atoms with Crippen LogP contribution in [-0.4, -0.2) is 33.9 Å². The van der Waals surface area contributed by atoms with Crippen molar-refractivity contribution in [3.63, 3.8) is 0 Å². The zero-order chi connectivity index (χ0) is 26.0. The number of aliphatic hydroxyl groups is 1. The Bertz CT molecular complexity index is 1040. The first-order chi connectivity index (χ1) is 16.2. The van der Waals surface area contributed by atoms with Crippen molar-refractivity contribution in [1.82, 2.24) is 0 Å². The van der Waals surface area contributed by atoms with Crippen LogP contribution in [0.4, 0.5) is 0 Å². The molecule has 0 aromatic heterocycles. The number of hydrogen-bond acceptors (Lipinski definition) is 4. The zero-order valence-corrected chi connectivity index (χ0v) is 22.2. The Hall–Kier alpha value is -2.01. The summed E-state index contributed by atoms with van der Waals surface area (Å²) in [5.41, 5.74) is 1.07. The fourth-order valence-electron chi connectivity index (χ4n) is 8.34. The molecule has 2 saturated carbocycles. The van der Waals surface area contributed by atoms with Crippen molar-refractivity contribution >= 4 is 18.0 Å². The highest BCUT2D eigenvalue weighted by Gasteiger charge is 2.67. The Morgan fingerprint density at radius 1 is 1.17 bits per heavy atom. The number of carbonyl (C=O) groups excluding carboxylic acids is 2. The van der Waals surface area contributed by atoms with E-state index in [0.29, 0.717) is 30.6 Å². The van der Waals surface area contributed by atoms with Gasteiger partial charge in [0, 0.05) is 22.8 Å². The van der Waals surface area contributed by atoms with Crippen LogP contribution < -0.4 is 0 Å². The van der Waals surface area contributed by atoms with Gasteiger partial charge in [0.15, 0.2) is 0 Å².